The Labute approximate surface area is 118 Å². The molecule has 5 unspecified atom stereocenters. The minimum absolute atomic E-state index is 0.0238. The number of hydrogen-bond acceptors (Lipinski definition) is 3. The maximum atomic E-state index is 12.7. The Bertz CT molecular complexity index is 311. The molecule has 2 aliphatic heterocycles. The molecule has 0 aromatic rings. The van der Waals surface area contributed by atoms with E-state index in [-0.39, 0.29) is 24.9 Å². The normalized spacial score (nSPS) is 39.8. The van der Waals surface area contributed by atoms with E-state index in [1.165, 1.54) is 0 Å². The van der Waals surface area contributed by atoms with Crippen LogP contribution in [-0.2, 0) is 9.47 Å². The van der Waals surface area contributed by atoms with Gasteiger partial charge < -0.3 is 15.2 Å². The number of alkyl halides is 3. The molecule has 0 aromatic heterocycles. The third-order valence-corrected chi connectivity index (χ3v) is 4.81. The van der Waals surface area contributed by atoms with E-state index in [9.17, 15) is 13.2 Å². The maximum Gasteiger partial charge on any atom is 0.414 e. The zero-order chi connectivity index (χ0) is 14.8. The highest BCUT2D eigenvalue weighted by atomic mass is 19.4. The van der Waals surface area contributed by atoms with Crippen molar-refractivity contribution in [3.8, 4) is 0 Å². The van der Waals surface area contributed by atoms with Gasteiger partial charge in [0.05, 0.1) is 6.61 Å². The Morgan fingerprint density at radius 3 is 2.50 bits per heavy atom. The fourth-order valence-corrected chi connectivity index (χ4v) is 3.33. The van der Waals surface area contributed by atoms with Crippen molar-refractivity contribution in [1.82, 2.24) is 0 Å². The lowest BCUT2D eigenvalue weighted by molar-refractivity contribution is -0.243. The molecule has 3 nitrogen and oxygen atoms in total. The van der Waals surface area contributed by atoms with Crippen LogP contribution in [0.5, 0.6) is 0 Å². The smallest absolute Gasteiger partial charge is 0.381 e. The SMILES string of the molecule is CC1CC(C(F)(F)F)OCC1CC1COCCC1CN. The summed E-state index contributed by atoms with van der Waals surface area (Å²) in [5.41, 5.74) is 5.78. The summed E-state index contributed by atoms with van der Waals surface area (Å²) in [4.78, 5) is 0. The van der Waals surface area contributed by atoms with Crippen molar-refractivity contribution in [2.24, 2.45) is 29.4 Å². The monoisotopic (exact) mass is 295 g/mol. The van der Waals surface area contributed by atoms with Crippen LogP contribution in [0.15, 0.2) is 0 Å². The average Bonchev–Trinajstić information content (AvgIpc) is 2.40. The van der Waals surface area contributed by atoms with Gasteiger partial charge in [0.25, 0.3) is 0 Å². The molecule has 0 radical (unpaired) electrons. The quantitative estimate of drug-likeness (QED) is 0.870. The third-order valence-electron chi connectivity index (χ3n) is 4.81. The first-order valence-electron chi connectivity index (χ1n) is 7.38. The van der Waals surface area contributed by atoms with Gasteiger partial charge in [-0.15, -0.1) is 0 Å². The summed E-state index contributed by atoms with van der Waals surface area (Å²) < 4.78 is 48.5. The molecule has 5 atom stereocenters. The molecule has 0 spiro atoms. The van der Waals surface area contributed by atoms with Crippen molar-refractivity contribution in [1.29, 1.82) is 0 Å². The Morgan fingerprint density at radius 1 is 1.15 bits per heavy atom. The Kier molecular flexibility index (Phi) is 5.31. The molecule has 2 rings (SSSR count). The van der Waals surface area contributed by atoms with Gasteiger partial charge in [-0.2, -0.15) is 13.2 Å². The highest BCUT2D eigenvalue weighted by Gasteiger charge is 2.45. The van der Waals surface area contributed by atoms with E-state index in [0.717, 1.165) is 19.4 Å². The molecule has 0 amide bonds. The second kappa shape index (κ2) is 6.62. The Balaban J connectivity index is 1.88. The number of nitrogens with two attached hydrogens (primary N) is 1. The molecule has 2 aliphatic rings. The Morgan fingerprint density at radius 2 is 1.90 bits per heavy atom. The molecule has 0 saturated carbocycles. The van der Waals surface area contributed by atoms with Crippen LogP contribution in [0.25, 0.3) is 0 Å². The predicted molar refractivity (Wildman–Crippen MR) is 69.2 cm³/mol. The van der Waals surface area contributed by atoms with Crippen LogP contribution in [0.1, 0.15) is 26.2 Å². The van der Waals surface area contributed by atoms with Crippen LogP contribution in [0.4, 0.5) is 13.2 Å². The Hall–Kier alpha value is -0.330. The van der Waals surface area contributed by atoms with Crippen molar-refractivity contribution in [2.75, 3.05) is 26.4 Å². The van der Waals surface area contributed by atoms with Gasteiger partial charge in [0.1, 0.15) is 0 Å². The van der Waals surface area contributed by atoms with Crippen LogP contribution < -0.4 is 5.73 Å². The van der Waals surface area contributed by atoms with Crippen LogP contribution in [0.2, 0.25) is 0 Å². The molecule has 0 bridgehead atoms. The number of rotatable bonds is 3. The summed E-state index contributed by atoms with van der Waals surface area (Å²) in [6.07, 6.45) is -3.97. The van der Waals surface area contributed by atoms with Crippen molar-refractivity contribution in [2.45, 2.75) is 38.5 Å². The van der Waals surface area contributed by atoms with Crippen molar-refractivity contribution < 1.29 is 22.6 Å². The van der Waals surface area contributed by atoms with Gasteiger partial charge in [-0.3, -0.25) is 0 Å². The summed E-state index contributed by atoms with van der Waals surface area (Å²) in [6, 6.07) is 0. The van der Waals surface area contributed by atoms with Crippen LogP contribution in [0.3, 0.4) is 0 Å². The van der Waals surface area contributed by atoms with Crippen LogP contribution in [-0.4, -0.2) is 38.6 Å². The second-order valence-corrected chi connectivity index (χ2v) is 6.19. The van der Waals surface area contributed by atoms with Crippen LogP contribution in [0, 0.1) is 23.7 Å². The van der Waals surface area contributed by atoms with Gasteiger partial charge in [0.2, 0.25) is 0 Å². The minimum atomic E-state index is -4.24. The number of hydrogen-bond donors (Lipinski definition) is 1. The van der Waals surface area contributed by atoms with Gasteiger partial charge in [-0.25, -0.2) is 0 Å². The second-order valence-electron chi connectivity index (χ2n) is 6.19. The minimum Gasteiger partial charge on any atom is -0.381 e. The molecule has 0 aromatic carbocycles. The summed E-state index contributed by atoms with van der Waals surface area (Å²) in [5.74, 6) is 0.980. The summed E-state index contributed by atoms with van der Waals surface area (Å²) in [5, 5.41) is 0. The molecular weight excluding hydrogens is 271 g/mol. The molecule has 2 N–H and O–H groups in total. The lowest BCUT2D eigenvalue weighted by Crippen LogP contribution is -2.43. The van der Waals surface area contributed by atoms with Gasteiger partial charge in [0, 0.05) is 13.2 Å². The molecule has 0 aliphatic carbocycles. The van der Waals surface area contributed by atoms with E-state index in [4.69, 9.17) is 15.2 Å². The highest BCUT2D eigenvalue weighted by Crippen LogP contribution is 2.38. The van der Waals surface area contributed by atoms with Crippen molar-refractivity contribution in [3.63, 3.8) is 0 Å². The molecule has 2 saturated heterocycles. The van der Waals surface area contributed by atoms with Crippen molar-refractivity contribution >= 4 is 0 Å². The van der Waals surface area contributed by atoms with E-state index in [1.54, 1.807) is 0 Å². The van der Waals surface area contributed by atoms with E-state index >= 15 is 0 Å². The zero-order valence-electron chi connectivity index (χ0n) is 11.9. The number of ether oxygens (including phenoxy) is 2. The summed E-state index contributed by atoms with van der Waals surface area (Å²) in [6.45, 7) is 4.13. The van der Waals surface area contributed by atoms with E-state index < -0.39 is 12.3 Å². The highest BCUT2D eigenvalue weighted by molar-refractivity contribution is 4.84. The van der Waals surface area contributed by atoms with Gasteiger partial charge in [-0.05, 0) is 49.5 Å². The molecular formula is C14H24F3NO2. The lowest BCUT2D eigenvalue weighted by Gasteiger charge is -2.39. The molecule has 6 heteroatoms. The topological polar surface area (TPSA) is 44.5 Å². The third kappa shape index (κ3) is 3.86. The van der Waals surface area contributed by atoms with Gasteiger partial charge in [-0.1, -0.05) is 6.92 Å². The van der Waals surface area contributed by atoms with Gasteiger partial charge in [0.15, 0.2) is 6.10 Å². The molecule has 2 fully saturated rings. The molecule has 118 valence electrons. The first-order valence-corrected chi connectivity index (χ1v) is 7.38. The predicted octanol–water partition coefficient (Wildman–Crippen LogP) is 2.59. The fourth-order valence-electron chi connectivity index (χ4n) is 3.33. The van der Waals surface area contributed by atoms with E-state index in [2.05, 4.69) is 0 Å². The maximum absolute atomic E-state index is 12.7. The zero-order valence-corrected chi connectivity index (χ0v) is 11.9. The van der Waals surface area contributed by atoms with Gasteiger partial charge >= 0.3 is 6.18 Å². The first kappa shape index (κ1) is 16.0. The average molecular weight is 295 g/mol. The van der Waals surface area contributed by atoms with E-state index in [1.807, 2.05) is 6.92 Å². The lowest BCUT2D eigenvalue weighted by atomic mass is 9.76. The fraction of sp³-hybridized carbons (Fsp3) is 1.00. The summed E-state index contributed by atoms with van der Waals surface area (Å²) >= 11 is 0. The first-order chi connectivity index (χ1) is 9.41. The molecule has 20 heavy (non-hydrogen) atoms. The largest absolute Gasteiger partial charge is 0.414 e. The summed E-state index contributed by atoms with van der Waals surface area (Å²) in [7, 11) is 0. The van der Waals surface area contributed by atoms with Crippen molar-refractivity contribution in [3.05, 3.63) is 0 Å². The van der Waals surface area contributed by atoms with E-state index in [0.29, 0.717) is 25.0 Å². The van der Waals surface area contributed by atoms with Crippen LogP contribution >= 0.6 is 0 Å². The number of halogens is 3. The standard InChI is InChI=1S/C14H24F3NO2/c1-9-4-13(14(15,16)17)20-8-11(9)5-12-7-19-3-2-10(12)6-18/h9-13H,2-8,18H2,1H3. The molecule has 2 heterocycles.